The molecular formula is C27H33N3O3. The fourth-order valence-electron chi connectivity index (χ4n) is 5.42. The molecule has 0 saturated carbocycles. The summed E-state index contributed by atoms with van der Waals surface area (Å²) in [5, 5.41) is 10.1. The SMILES string of the molecule is Cc1ccc(C(Cc2nc3c4c(ccc3n2C2CCCOC2)N(C)C(C)CC4)C(=O)O)cc1. The molecule has 3 aromatic rings. The molecule has 2 aliphatic rings. The number of carbonyl (C=O) groups is 1. The lowest BCUT2D eigenvalue weighted by Gasteiger charge is -2.34. The molecule has 3 unspecified atom stereocenters. The Balaban J connectivity index is 1.63. The maximum absolute atomic E-state index is 12.3. The number of benzene rings is 2. The summed E-state index contributed by atoms with van der Waals surface area (Å²) in [5.74, 6) is -0.597. The lowest BCUT2D eigenvalue weighted by Crippen LogP contribution is -2.33. The van der Waals surface area contributed by atoms with Gasteiger partial charge < -0.3 is 19.3 Å². The summed E-state index contributed by atoms with van der Waals surface area (Å²) >= 11 is 0. The number of aryl methyl sites for hydroxylation is 2. The Morgan fingerprint density at radius 2 is 2.00 bits per heavy atom. The lowest BCUT2D eigenvalue weighted by atomic mass is 9.94. The minimum absolute atomic E-state index is 0.185. The van der Waals surface area contributed by atoms with Crippen molar-refractivity contribution in [3.8, 4) is 0 Å². The molecule has 1 N–H and O–H groups in total. The molecule has 1 saturated heterocycles. The van der Waals surface area contributed by atoms with Gasteiger partial charge in [-0.2, -0.15) is 0 Å². The van der Waals surface area contributed by atoms with Crippen molar-refractivity contribution in [1.82, 2.24) is 9.55 Å². The van der Waals surface area contributed by atoms with Gasteiger partial charge in [0.15, 0.2) is 0 Å². The first kappa shape index (κ1) is 22.0. The van der Waals surface area contributed by atoms with Gasteiger partial charge >= 0.3 is 5.97 Å². The van der Waals surface area contributed by atoms with Gasteiger partial charge in [-0.15, -0.1) is 0 Å². The summed E-state index contributed by atoms with van der Waals surface area (Å²) in [4.78, 5) is 19.8. The number of aromatic nitrogens is 2. The molecule has 0 radical (unpaired) electrons. The van der Waals surface area contributed by atoms with Crippen LogP contribution in [-0.4, -0.2) is 46.9 Å². The van der Waals surface area contributed by atoms with Crippen LogP contribution in [-0.2, 0) is 22.4 Å². The standard InChI is InChI=1S/C27H33N3O3/c1-17-6-9-19(10-7-17)22(27(31)32)15-25-28-26-21-11-8-18(2)29(3)23(21)12-13-24(26)30(25)20-5-4-14-33-16-20/h6-7,9-10,12-13,18,20,22H,4-5,8,11,14-16H2,1-3H3,(H,31,32). The lowest BCUT2D eigenvalue weighted by molar-refractivity contribution is -0.138. The number of carboxylic acid groups (broad SMARTS) is 1. The summed E-state index contributed by atoms with van der Waals surface area (Å²) < 4.78 is 8.12. The van der Waals surface area contributed by atoms with E-state index in [1.54, 1.807) is 0 Å². The molecule has 174 valence electrons. The van der Waals surface area contributed by atoms with E-state index in [9.17, 15) is 9.90 Å². The fourth-order valence-corrected chi connectivity index (χ4v) is 5.42. The highest BCUT2D eigenvalue weighted by atomic mass is 16.5. The van der Waals surface area contributed by atoms with Crippen LogP contribution in [0.25, 0.3) is 11.0 Å². The maximum atomic E-state index is 12.3. The minimum atomic E-state index is -0.812. The van der Waals surface area contributed by atoms with Gasteiger partial charge in [-0.3, -0.25) is 4.79 Å². The molecule has 1 aromatic heterocycles. The van der Waals surface area contributed by atoms with Gasteiger partial charge in [0.2, 0.25) is 0 Å². The van der Waals surface area contributed by atoms with Crippen molar-refractivity contribution in [2.75, 3.05) is 25.2 Å². The summed E-state index contributed by atoms with van der Waals surface area (Å²) in [6.07, 6.45) is 4.49. The van der Waals surface area contributed by atoms with Crippen molar-refractivity contribution in [2.24, 2.45) is 0 Å². The number of nitrogens with zero attached hydrogens (tertiary/aromatic N) is 3. The van der Waals surface area contributed by atoms with Crippen molar-refractivity contribution in [3.63, 3.8) is 0 Å². The van der Waals surface area contributed by atoms with Crippen LogP contribution in [0.4, 0.5) is 5.69 Å². The molecule has 0 amide bonds. The number of rotatable bonds is 5. The van der Waals surface area contributed by atoms with E-state index in [1.165, 1.54) is 11.3 Å². The summed E-state index contributed by atoms with van der Waals surface area (Å²) in [5.41, 5.74) is 6.61. The van der Waals surface area contributed by atoms with Crippen molar-refractivity contribution in [2.45, 2.75) is 64.0 Å². The Morgan fingerprint density at radius 3 is 2.70 bits per heavy atom. The van der Waals surface area contributed by atoms with Crippen LogP contribution in [0.15, 0.2) is 36.4 Å². The number of aliphatic carboxylic acids is 1. The van der Waals surface area contributed by atoms with Gasteiger partial charge in [0.05, 0.1) is 29.6 Å². The Labute approximate surface area is 195 Å². The number of hydrogen-bond donors (Lipinski definition) is 1. The smallest absolute Gasteiger partial charge is 0.311 e. The number of ether oxygens (including phenoxy) is 1. The van der Waals surface area contributed by atoms with Crippen LogP contribution in [0.5, 0.6) is 0 Å². The highest BCUT2D eigenvalue weighted by Crippen LogP contribution is 2.38. The number of carboxylic acids is 1. The molecule has 3 heterocycles. The highest BCUT2D eigenvalue weighted by Gasteiger charge is 2.30. The molecule has 0 spiro atoms. The second kappa shape index (κ2) is 8.82. The maximum Gasteiger partial charge on any atom is 0.311 e. The number of hydrogen-bond acceptors (Lipinski definition) is 4. The van der Waals surface area contributed by atoms with Crippen molar-refractivity contribution >= 4 is 22.7 Å². The Morgan fingerprint density at radius 1 is 1.21 bits per heavy atom. The molecule has 2 aliphatic heterocycles. The molecule has 0 bridgehead atoms. The average Bonchev–Trinajstić information content (AvgIpc) is 3.19. The first-order valence-corrected chi connectivity index (χ1v) is 12.1. The van der Waals surface area contributed by atoms with Gasteiger partial charge in [0.1, 0.15) is 5.82 Å². The molecule has 1 fully saturated rings. The predicted octanol–water partition coefficient (Wildman–Crippen LogP) is 4.88. The average molecular weight is 448 g/mol. The van der Waals surface area contributed by atoms with E-state index in [1.807, 2.05) is 31.2 Å². The predicted molar refractivity (Wildman–Crippen MR) is 130 cm³/mol. The highest BCUT2D eigenvalue weighted by molar-refractivity contribution is 5.86. The summed E-state index contributed by atoms with van der Waals surface area (Å²) in [6.45, 7) is 5.71. The van der Waals surface area contributed by atoms with E-state index < -0.39 is 11.9 Å². The van der Waals surface area contributed by atoms with Crippen LogP contribution < -0.4 is 4.90 Å². The van der Waals surface area contributed by atoms with Crippen LogP contribution in [0.1, 0.15) is 60.7 Å². The third-order valence-corrected chi connectivity index (χ3v) is 7.53. The van der Waals surface area contributed by atoms with E-state index in [4.69, 9.17) is 9.72 Å². The van der Waals surface area contributed by atoms with E-state index in [0.717, 1.165) is 60.3 Å². The van der Waals surface area contributed by atoms with Gasteiger partial charge in [-0.25, -0.2) is 4.98 Å². The van der Waals surface area contributed by atoms with Crippen LogP contribution in [0.3, 0.4) is 0 Å². The molecule has 33 heavy (non-hydrogen) atoms. The van der Waals surface area contributed by atoms with Gasteiger partial charge in [0.25, 0.3) is 0 Å². The first-order chi connectivity index (χ1) is 15.9. The first-order valence-electron chi connectivity index (χ1n) is 12.1. The molecule has 2 aromatic carbocycles. The molecule has 6 heteroatoms. The third-order valence-electron chi connectivity index (χ3n) is 7.53. The zero-order valence-electron chi connectivity index (χ0n) is 19.8. The van der Waals surface area contributed by atoms with E-state index in [2.05, 4.69) is 35.6 Å². The van der Waals surface area contributed by atoms with E-state index in [-0.39, 0.29) is 6.04 Å². The number of anilines is 1. The van der Waals surface area contributed by atoms with Crippen LogP contribution in [0, 0.1) is 6.92 Å². The van der Waals surface area contributed by atoms with E-state index in [0.29, 0.717) is 19.1 Å². The quantitative estimate of drug-likeness (QED) is 0.604. The van der Waals surface area contributed by atoms with Crippen molar-refractivity contribution in [1.29, 1.82) is 0 Å². The van der Waals surface area contributed by atoms with Crippen molar-refractivity contribution < 1.29 is 14.6 Å². The zero-order chi connectivity index (χ0) is 23.1. The summed E-state index contributed by atoms with van der Waals surface area (Å²) in [7, 11) is 2.15. The Kier molecular flexibility index (Phi) is 5.87. The molecule has 5 rings (SSSR count). The van der Waals surface area contributed by atoms with Crippen molar-refractivity contribution in [3.05, 3.63) is 58.9 Å². The molecule has 0 aliphatic carbocycles. The van der Waals surface area contributed by atoms with Crippen LogP contribution in [0.2, 0.25) is 0 Å². The normalized spacial score (nSPS) is 21.7. The third kappa shape index (κ3) is 4.01. The summed E-state index contributed by atoms with van der Waals surface area (Å²) in [6, 6.07) is 12.9. The zero-order valence-corrected chi connectivity index (χ0v) is 19.8. The molecular weight excluding hydrogens is 414 g/mol. The van der Waals surface area contributed by atoms with Gasteiger partial charge in [-0.05, 0) is 57.2 Å². The number of fused-ring (bicyclic) bond motifs is 3. The topological polar surface area (TPSA) is 67.6 Å². The van der Waals surface area contributed by atoms with E-state index >= 15 is 0 Å². The Hall–Kier alpha value is -2.86. The van der Waals surface area contributed by atoms with Crippen LogP contribution >= 0.6 is 0 Å². The largest absolute Gasteiger partial charge is 0.481 e. The van der Waals surface area contributed by atoms with Gasteiger partial charge in [0, 0.05) is 37.4 Å². The van der Waals surface area contributed by atoms with Gasteiger partial charge in [-0.1, -0.05) is 29.8 Å². The fraction of sp³-hybridized carbons (Fsp3) is 0.481. The monoisotopic (exact) mass is 447 g/mol. The minimum Gasteiger partial charge on any atom is -0.481 e. The Bertz CT molecular complexity index is 1160. The second-order valence-corrected chi connectivity index (χ2v) is 9.70. The number of imidazole rings is 1. The molecule has 6 nitrogen and oxygen atoms in total. The molecule has 3 atom stereocenters. The second-order valence-electron chi connectivity index (χ2n) is 9.70.